The summed E-state index contributed by atoms with van der Waals surface area (Å²) >= 11 is 0. The highest BCUT2D eigenvalue weighted by Gasteiger charge is 2.18. The van der Waals surface area contributed by atoms with E-state index < -0.39 is 0 Å². The second kappa shape index (κ2) is 8.04. The third-order valence-corrected chi connectivity index (χ3v) is 3.49. The minimum absolute atomic E-state index is 0.344. The fourth-order valence-corrected chi connectivity index (χ4v) is 2.62. The zero-order valence-electron chi connectivity index (χ0n) is 11.0. The lowest BCUT2D eigenvalue weighted by Gasteiger charge is -2.32. The number of likely N-dealkylation sites (tertiary alicyclic amines) is 1. The van der Waals surface area contributed by atoms with Gasteiger partial charge in [0.05, 0.1) is 0 Å². The molecular formula is C13H28N2O. The van der Waals surface area contributed by atoms with Gasteiger partial charge in [-0.3, -0.25) is 0 Å². The van der Waals surface area contributed by atoms with Gasteiger partial charge in [0.2, 0.25) is 0 Å². The smallest absolute Gasteiger partial charge is 0.0431 e. The monoisotopic (exact) mass is 228 g/mol. The molecule has 0 aromatic carbocycles. The number of unbranched alkanes of at least 4 members (excludes halogenated alkanes) is 2. The highest BCUT2D eigenvalue weighted by atomic mass is 16.2. The van der Waals surface area contributed by atoms with Crippen molar-refractivity contribution in [2.24, 2.45) is 5.92 Å². The summed E-state index contributed by atoms with van der Waals surface area (Å²) in [5.74, 6) is 0.863. The average Bonchev–Trinajstić information content (AvgIpc) is 2.24. The lowest BCUT2D eigenvalue weighted by Crippen LogP contribution is -2.38. The maximum Gasteiger partial charge on any atom is 0.0431 e. The van der Waals surface area contributed by atoms with Crippen LogP contribution in [0.15, 0.2) is 0 Å². The number of piperidine rings is 1. The third kappa shape index (κ3) is 5.83. The fourth-order valence-electron chi connectivity index (χ4n) is 2.62. The molecule has 1 aliphatic rings. The molecule has 0 aromatic rings. The molecule has 1 saturated heterocycles. The van der Waals surface area contributed by atoms with Gasteiger partial charge in [-0.05, 0) is 65.2 Å². The predicted molar refractivity (Wildman–Crippen MR) is 68.7 cm³/mol. The molecule has 0 bridgehead atoms. The minimum Gasteiger partial charge on any atom is -0.396 e. The van der Waals surface area contributed by atoms with Crippen LogP contribution >= 0.6 is 0 Å². The van der Waals surface area contributed by atoms with Crippen LogP contribution in [0.1, 0.15) is 32.1 Å². The van der Waals surface area contributed by atoms with Crippen molar-refractivity contribution < 1.29 is 5.11 Å². The Morgan fingerprint density at radius 3 is 2.81 bits per heavy atom. The van der Waals surface area contributed by atoms with Crippen LogP contribution in [-0.2, 0) is 0 Å². The Hall–Kier alpha value is -0.120. The van der Waals surface area contributed by atoms with Gasteiger partial charge in [-0.15, -0.1) is 0 Å². The number of hydrogen-bond donors (Lipinski definition) is 1. The second-order valence-corrected chi connectivity index (χ2v) is 5.32. The highest BCUT2D eigenvalue weighted by molar-refractivity contribution is 4.73. The van der Waals surface area contributed by atoms with Crippen molar-refractivity contribution in [3.05, 3.63) is 0 Å². The number of aliphatic hydroxyl groups excluding tert-OH is 1. The van der Waals surface area contributed by atoms with Gasteiger partial charge in [-0.25, -0.2) is 0 Å². The van der Waals surface area contributed by atoms with E-state index in [1.807, 2.05) is 0 Å². The van der Waals surface area contributed by atoms with Gasteiger partial charge in [-0.1, -0.05) is 0 Å². The second-order valence-electron chi connectivity index (χ2n) is 5.32. The summed E-state index contributed by atoms with van der Waals surface area (Å²) in [6.07, 6.45) is 6.09. The first-order chi connectivity index (χ1) is 7.72. The van der Waals surface area contributed by atoms with Crippen LogP contribution in [0.25, 0.3) is 0 Å². The molecule has 1 heterocycles. The normalized spacial score (nSPS) is 22.9. The van der Waals surface area contributed by atoms with E-state index in [1.165, 1.54) is 45.4 Å². The summed E-state index contributed by atoms with van der Waals surface area (Å²) in [6.45, 7) is 5.30. The molecule has 1 N–H and O–H groups in total. The van der Waals surface area contributed by atoms with Gasteiger partial charge >= 0.3 is 0 Å². The summed E-state index contributed by atoms with van der Waals surface area (Å²) in [6, 6.07) is 0. The third-order valence-electron chi connectivity index (χ3n) is 3.49. The molecule has 0 aliphatic carbocycles. The molecule has 1 fully saturated rings. The number of rotatable bonds is 7. The maximum absolute atomic E-state index is 8.70. The van der Waals surface area contributed by atoms with Gasteiger partial charge in [0.25, 0.3) is 0 Å². The van der Waals surface area contributed by atoms with E-state index >= 15 is 0 Å². The molecule has 0 radical (unpaired) electrons. The molecule has 3 heteroatoms. The van der Waals surface area contributed by atoms with Crippen molar-refractivity contribution in [2.45, 2.75) is 32.1 Å². The average molecular weight is 228 g/mol. The van der Waals surface area contributed by atoms with Crippen LogP contribution in [0.3, 0.4) is 0 Å². The molecule has 96 valence electrons. The minimum atomic E-state index is 0.344. The van der Waals surface area contributed by atoms with E-state index in [2.05, 4.69) is 23.9 Å². The first-order valence-corrected chi connectivity index (χ1v) is 6.70. The first kappa shape index (κ1) is 13.9. The van der Waals surface area contributed by atoms with Gasteiger partial charge in [-0.2, -0.15) is 0 Å². The molecule has 1 atom stereocenters. The lowest BCUT2D eigenvalue weighted by molar-refractivity contribution is 0.165. The molecule has 0 saturated carbocycles. The van der Waals surface area contributed by atoms with Crippen molar-refractivity contribution in [1.82, 2.24) is 9.80 Å². The standard InChI is InChI=1S/C13H28N2O/c1-14(8-4-3-5-10-16)11-13-7-6-9-15(2)12-13/h13,16H,3-12H2,1-2H3. The van der Waals surface area contributed by atoms with E-state index in [0.717, 1.165) is 18.8 Å². The van der Waals surface area contributed by atoms with Crippen LogP contribution in [-0.4, -0.2) is 61.8 Å². The summed E-state index contributed by atoms with van der Waals surface area (Å²) in [5.41, 5.74) is 0. The summed E-state index contributed by atoms with van der Waals surface area (Å²) < 4.78 is 0. The molecule has 3 nitrogen and oxygen atoms in total. The van der Waals surface area contributed by atoms with Crippen LogP contribution < -0.4 is 0 Å². The Morgan fingerprint density at radius 1 is 1.31 bits per heavy atom. The van der Waals surface area contributed by atoms with Gasteiger partial charge in [0.1, 0.15) is 0 Å². The van der Waals surface area contributed by atoms with E-state index in [0.29, 0.717) is 6.61 Å². The lowest BCUT2D eigenvalue weighted by atomic mass is 9.98. The number of aliphatic hydroxyl groups is 1. The van der Waals surface area contributed by atoms with E-state index in [-0.39, 0.29) is 0 Å². The van der Waals surface area contributed by atoms with E-state index in [4.69, 9.17) is 5.11 Å². The quantitative estimate of drug-likeness (QED) is 0.668. The zero-order valence-corrected chi connectivity index (χ0v) is 11.0. The maximum atomic E-state index is 8.70. The molecule has 0 aromatic heterocycles. The highest BCUT2D eigenvalue weighted by Crippen LogP contribution is 2.15. The molecule has 0 spiro atoms. The molecule has 1 rings (SSSR count). The Morgan fingerprint density at radius 2 is 2.12 bits per heavy atom. The largest absolute Gasteiger partial charge is 0.396 e. The summed E-state index contributed by atoms with van der Waals surface area (Å²) in [5, 5.41) is 8.70. The van der Waals surface area contributed by atoms with Crippen molar-refractivity contribution >= 4 is 0 Å². The molecule has 0 amide bonds. The van der Waals surface area contributed by atoms with Crippen LogP contribution in [0, 0.1) is 5.92 Å². The topological polar surface area (TPSA) is 26.7 Å². The Labute approximate surface area is 100 Å². The number of nitrogens with zero attached hydrogens (tertiary/aromatic N) is 2. The first-order valence-electron chi connectivity index (χ1n) is 6.70. The fraction of sp³-hybridized carbons (Fsp3) is 1.00. The Bertz CT molecular complexity index is 175. The van der Waals surface area contributed by atoms with Gasteiger partial charge < -0.3 is 14.9 Å². The van der Waals surface area contributed by atoms with Crippen molar-refractivity contribution in [3.8, 4) is 0 Å². The Kier molecular flexibility index (Phi) is 7.01. The van der Waals surface area contributed by atoms with E-state index in [9.17, 15) is 0 Å². The van der Waals surface area contributed by atoms with Crippen molar-refractivity contribution in [1.29, 1.82) is 0 Å². The van der Waals surface area contributed by atoms with Gasteiger partial charge in [0, 0.05) is 19.7 Å². The molecule has 1 aliphatic heterocycles. The summed E-state index contributed by atoms with van der Waals surface area (Å²) in [4.78, 5) is 4.91. The van der Waals surface area contributed by atoms with Crippen molar-refractivity contribution in [2.75, 3.05) is 46.9 Å². The molecule has 16 heavy (non-hydrogen) atoms. The van der Waals surface area contributed by atoms with Crippen LogP contribution in [0.2, 0.25) is 0 Å². The van der Waals surface area contributed by atoms with Crippen LogP contribution in [0.5, 0.6) is 0 Å². The number of hydrogen-bond acceptors (Lipinski definition) is 3. The SMILES string of the molecule is CN(CCCCCO)CC1CCCN(C)C1. The van der Waals surface area contributed by atoms with E-state index in [1.54, 1.807) is 0 Å². The zero-order chi connectivity index (χ0) is 11.8. The molecule has 1 unspecified atom stereocenters. The van der Waals surface area contributed by atoms with Gasteiger partial charge in [0.15, 0.2) is 0 Å². The Balaban J connectivity index is 2.06. The predicted octanol–water partition coefficient (Wildman–Crippen LogP) is 1.42. The summed E-state index contributed by atoms with van der Waals surface area (Å²) in [7, 11) is 4.46. The van der Waals surface area contributed by atoms with Crippen LogP contribution in [0.4, 0.5) is 0 Å². The molecular weight excluding hydrogens is 200 g/mol. The van der Waals surface area contributed by atoms with Crippen molar-refractivity contribution in [3.63, 3.8) is 0 Å².